The van der Waals surface area contributed by atoms with E-state index in [9.17, 15) is 13.6 Å². The molecule has 2 aromatic carbocycles. The number of aliphatic carboxylic acids is 1. The van der Waals surface area contributed by atoms with Crippen LogP contribution in [0.15, 0.2) is 67.0 Å². The van der Waals surface area contributed by atoms with Crippen molar-refractivity contribution >= 4 is 29.0 Å². The highest BCUT2D eigenvalue weighted by molar-refractivity contribution is 5.74. The Morgan fingerprint density at radius 2 is 1.74 bits per heavy atom. The van der Waals surface area contributed by atoms with Gasteiger partial charge in [0.05, 0.1) is 19.0 Å². The van der Waals surface area contributed by atoms with Crippen LogP contribution in [0.5, 0.6) is 5.75 Å². The molecule has 10 heteroatoms. The van der Waals surface area contributed by atoms with E-state index in [1.165, 1.54) is 12.1 Å². The molecule has 0 saturated carbocycles. The van der Waals surface area contributed by atoms with Crippen molar-refractivity contribution in [1.82, 2.24) is 9.97 Å². The normalized spacial score (nSPS) is 14.2. The lowest BCUT2D eigenvalue weighted by Crippen LogP contribution is -2.36. The minimum atomic E-state index is -2.89. The zero-order valence-electron chi connectivity index (χ0n) is 19.0. The van der Waals surface area contributed by atoms with Crippen LogP contribution in [-0.2, 0) is 9.53 Å². The number of aromatic nitrogens is 2. The number of hydrogen-bond donors (Lipinski definition) is 1. The molecule has 0 aliphatic carbocycles. The van der Waals surface area contributed by atoms with E-state index in [-0.39, 0.29) is 12.4 Å². The Bertz CT molecular complexity index is 1090. The summed E-state index contributed by atoms with van der Waals surface area (Å²) in [5.41, 5.74) is 1.56. The second kappa shape index (κ2) is 11.6. The van der Waals surface area contributed by atoms with Crippen molar-refractivity contribution in [2.45, 2.75) is 19.5 Å². The first kappa shape index (κ1) is 24.3. The number of anilines is 4. The maximum absolute atomic E-state index is 12.6. The first-order valence-corrected chi connectivity index (χ1v) is 11.3. The van der Waals surface area contributed by atoms with Crippen LogP contribution < -0.4 is 14.5 Å². The highest BCUT2D eigenvalue weighted by Crippen LogP contribution is 2.35. The van der Waals surface area contributed by atoms with E-state index in [4.69, 9.17) is 14.8 Å². The molecule has 4 rings (SSSR count). The van der Waals surface area contributed by atoms with Crippen molar-refractivity contribution in [2.75, 3.05) is 36.1 Å². The lowest BCUT2D eigenvalue weighted by atomic mass is 9.98. The lowest BCUT2D eigenvalue weighted by Gasteiger charge is -2.33. The highest BCUT2D eigenvalue weighted by atomic mass is 19.3. The standard InChI is InChI=1S/C25H26F2N4O4/c26-25(27)35-21-8-6-20(7-9-21)31(19-4-2-1-3-5-19)23-15-28-14-22(29-23)30-12-10-18(11-13-30)16-34-17-24(32)33/h1-9,14-15,18,25H,10-13,16-17H2,(H,32,33). The number of para-hydroxylation sites is 1. The van der Waals surface area contributed by atoms with E-state index in [0.717, 1.165) is 43.1 Å². The molecule has 1 aliphatic heterocycles. The van der Waals surface area contributed by atoms with Crippen LogP contribution in [0.4, 0.5) is 31.8 Å². The second-order valence-electron chi connectivity index (χ2n) is 8.12. The molecule has 35 heavy (non-hydrogen) atoms. The third kappa shape index (κ3) is 6.63. The average Bonchev–Trinajstić information content (AvgIpc) is 2.86. The van der Waals surface area contributed by atoms with Gasteiger partial charge in [-0.25, -0.2) is 9.78 Å². The van der Waals surface area contributed by atoms with Gasteiger partial charge in [0, 0.05) is 24.5 Å². The molecule has 0 spiro atoms. The molecular formula is C25H26F2N4O4. The van der Waals surface area contributed by atoms with E-state index in [2.05, 4.69) is 14.6 Å². The van der Waals surface area contributed by atoms with E-state index < -0.39 is 12.6 Å². The van der Waals surface area contributed by atoms with Gasteiger partial charge in [-0.15, -0.1) is 0 Å². The van der Waals surface area contributed by atoms with Gasteiger partial charge in [0.15, 0.2) is 5.82 Å². The molecule has 0 bridgehead atoms. The summed E-state index contributed by atoms with van der Waals surface area (Å²) < 4.78 is 34.9. The fourth-order valence-electron chi connectivity index (χ4n) is 4.01. The summed E-state index contributed by atoms with van der Waals surface area (Å²) in [6.07, 6.45) is 5.10. The monoisotopic (exact) mass is 484 g/mol. The van der Waals surface area contributed by atoms with Crippen molar-refractivity contribution in [3.8, 4) is 5.75 Å². The number of rotatable bonds is 10. The third-order valence-corrected chi connectivity index (χ3v) is 5.69. The minimum absolute atomic E-state index is 0.0757. The number of carboxylic acid groups (broad SMARTS) is 1. The molecule has 8 nitrogen and oxygen atoms in total. The topological polar surface area (TPSA) is 88.0 Å². The summed E-state index contributed by atoms with van der Waals surface area (Å²) in [5.74, 6) is 0.728. The first-order chi connectivity index (χ1) is 17.0. The van der Waals surface area contributed by atoms with Crippen LogP contribution in [-0.4, -0.2) is 54.0 Å². The number of nitrogens with zero attached hydrogens (tertiary/aromatic N) is 4. The van der Waals surface area contributed by atoms with Crippen LogP contribution >= 0.6 is 0 Å². The van der Waals surface area contributed by atoms with Gasteiger partial charge in [-0.3, -0.25) is 9.88 Å². The molecule has 2 heterocycles. The Labute approximate surface area is 201 Å². The minimum Gasteiger partial charge on any atom is -0.480 e. The predicted octanol–water partition coefficient (Wildman–Crippen LogP) is 4.87. The summed E-state index contributed by atoms with van der Waals surface area (Å²) in [6, 6.07) is 16.0. The Morgan fingerprint density at radius 1 is 1.06 bits per heavy atom. The van der Waals surface area contributed by atoms with Gasteiger partial charge in [-0.2, -0.15) is 8.78 Å². The van der Waals surface area contributed by atoms with Gasteiger partial charge in [0.2, 0.25) is 0 Å². The molecule has 184 valence electrons. The van der Waals surface area contributed by atoms with Crippen molar-refractivity contribution in [3.63, 3.8) is 0 Å². The predicted molar refractivity (Wildman–Crippen MR) is 127 cm³/mol. The van der Waals surface area contributed by atoms with Crippen LogP contribution in [0, 0.1) is 5.92 Å². The largest absolute Gasteiger partial charge is 0.480 e. The molecule has 0 amide bonds. The second-order valence-corrected chi connectivity index (χ2v) is 8.12. The first-order valence-electron chi connectivity index (χ1n) is 11.3. The van der Waals surface area contributed by atoms with Crippen molar-refractivity contribution in [2.24, 2.45) is 5.92 Å². The van der Waals surface area contributed by atoms with Gasteiger partial charge in [0.1, 0.15) is 18.2 Å². The number of halogens is 2. The number of carboxylic acids is 1. The molecule has 0 unspecified atom stereocenters. The van der Waals surface area contributed by atoms with E-state index >= 15 is 0 Å². The smallest absolute Gasteiger partial charge is 0.387 e. The molecule has 1 fully saturated rings. The SMILES string of the molecule is O=C(O)COCC1CCN(c2cncc(N(c3ccccc3)c3ccc(OC(F)F)cc3)n2)CC1. The molecule has 0 radical (unpaired) electrons. The highest BCUT2D eigenvalue weighted by Gasteiger charge is 2.22. The molecule has 1 saturated heterocycles. The molecule has 1 N–H and O–H groups in total. The van der Waals surface area contributed by atoms with Crippen LogP contribution in [0.2, 0.25) is 0 Å². The number of ether oxygens (including phenoxy) is 2. The number of benzene rings is 2. The Morgan fingerprint density at radius 3 is 2.40 bits per heavy atom. The maximum atomic E-state index is 12.6. The number of carbonyl (C=O) groups is 1. The van der Waals surface area contributed by atoms with Crippen LogP contribution in [0.25, 0.3) is 0 Å². The molecule has 1 aromatic heterocycles. The number of alkyl halides is 2. The zero-order chi connectivity index (χ0) is 24.6. The van der Waals surface area contributed by atoms with Gasteiger partial charge in [0.25, 0.3) is 0 Å². The molecule has 3 aromatic rings. The summed E-state index contributed by atoms with van der Waals surface area (Å²) in [5, 5.41) is 8.73. The Hall–Kier alpha value is -3.79. The van der Waals surface area contributed by atoms with E-state index in [1.54, 1.807) is 24.5 Å². The molecule has 1 aliphatic rings. The van der Waals surface area contributed by atoms with E-state index in [1.807, 2.05) is 35.2 Å². The fraction of sp³-hybridized carbons (Fsp3) is 0.320. The van der Waals surface area contributed by atoms with E-state index in [0.29, 0.717) is 18.3 Å². The number of piperidine rings is 1. The summed E-state index contributed by atoms with van der Waals surface area (Å²) >= 11 is 0. The summed E-state index contributed by atoms with van der Waals surface area (Å²) in [4.78, 5) is 24.0. The molecular weight excluding hydrogens is 458 g/mol. The van der Waals surface area contributed by atoms with Gasteiger partial charge in [-0.05, 0) is 55.2 Å². The van der Waals surface area contributed by atoms with Crippen LogP contribution in [0.3, 0.4) is 0 Å². The Balaban J connectivity index is 1.52. The quantitative estimate of drug-likeness (QED) is 0.436. The molecule has 0 atom stereocenters. The summed E-state index contributed by atoms with van der Waals surface area (Å²) in [7, 11) is 0. The summed E-state index contributed by atoms with van der Waals surface area (Å²) in [6.45, 7) is -1.23. The lowest BCUT2D eigenvalue weighted by molar-refractivity contribution is -0.142. The van der Waals surface area contributed by atoms with Crippen molar-refractivity contribution in [1.29, 1.82) is 0 Å². The maximum Gasteiger partial charge on any atom is 0.387 e. The zero-order valence-corrected chi connectivity index (χ0v) is 19.0. The van der Waals surface area contributed by atoms with Crippen molar-refractivity contribution < 1.29 is 28.2 Å². The van der Waals surface area contributed by atoms with Crippen molar-refractivity contribution in [3.05, 3.63) is 67.0 Å². The van der Waals surface area contributed by atoms with Gasteiger partial charge < -0.3 is 19.5 Å². The third-order valence-electron chi connectivity index (χ3n) is 5.69. The average molecular weight is 485 g/mol. The van der Waals surface area contributed by atoms with Gasteiger partial charge >= 0.3 is 12.6 Å². The Kier molecular flexibility index (Phi) is 8.04. The van der Waals surface area contributed by atoms with Crippen LogP contribution in [0.1, 0.15) is 12.8 Å². The van der Waals surface area contributed by atoms with Gasteiger partial charge in [-0.1, -0.05) is 18.2 Å². The number of hydrogen-bond acceptors (Lipinski definition) is 7. The fourth-order valence-corrected chi connectivity index (χ4v) is 4.01.